The molecular weight excluding hydrogens is 278 g/mol. The van der Waals surface area contributed by atoms with Crippen LogP contribution in [-0.4, -0.2) is 21.8 Å². The van der Waals surface area contributed by atoms with Crippen molar-refractivity contribution >= 4 is 29.1 Å². The van der Waals surface area contributed by atoms with Crippen LogP contribution in [0.15, 0.2) is 34.7 Å². The first-order chi connectivity index (χ1) is 9.16. The fraction of sp³-hybridized carbons (Fsp3) is 0.286. The van der Waals surface area contributed by atoms with Crippen LogP contribution in [0.3, 0.4) is 0 Å². The third-order valence-corrected chi connectivity index (χ3v) is 5.02. The number of thiazole rings is 1. The Hall–Kier alpha value is -1.33. The molecule has 1 heterocycles. The molecule has 0 aliphatic rings. The van der Waals surface area contributed by atoms with Gasteiger partial charge in [0.15, 0.2) is 4.34 Å². The Balaban J connectivity index is 1.80. The molecule has 0 saturated heterocycles. The molecular formula is C14H15NO2S2. The number of aromatic carboxylic acids is 1. The summed E-state index contributed by atoms with van der Waals surface area (Å²) in [6.45, 7) is 1.74. The molecule has 100 valence electrons. The lowest BCUT2D eigenvalue weighted by Crippen LogP contribution is -1.94. The molecule has 2 aromatic rings. The summed E-state index contributed by atoms with van der Waals surface area (Å²) in [5.74, 6) is 0.0760. The van der Waals surface area contributed by atoms with Gasteiger partial charge in [0, 0.05) is 5.75 Å². The molecule has 0 atom stereocenters. The number of rotatable bonds is 6. The minimum Gasteiger partial charge on any atom is -0.477 e. The van der Waals surface area contributed by atoms with E-state index in [1.54, 1.807) is 18.7 Å². The van der Waals surface area contributed by atoms with Crippen LogP contribution in [0.4, 0.5) is 0 Å². The van der Waals surface area contributed by atoms with Gasteiger partial charge < -0.3 is 5.11 Å². The quantitative estimate of drug-likeness (QED) is 0.649. The van der Waals surface area contributed by atoms with Crippen LogP contribution < -0.4 is 0 Å². The summed E-state index contributed by atoms with van der Waals surface area (Å²) < 4.78 is 0.850. The number of aromatic nitrogens is 1. The predicted octanol–water partition coefficient (Wildman–Crippen LogP) is 3.87. The SMILES string of the molecule is Cc1nc(SCCCc2ccccc2)sc1C(=O)O. The zero-order valence-corrected chi connectivity index (χ0v) is 12.3. The topological polar surface area (TPSA) is 50.2 Å². The lowest BCUT2D eigenvalue weighted by atomic mass is 10.1. The van der Waals surface area contributed by atoms with Gasteiger partial charge in [-0.3, -0.25) is 0 Å². The number of aryl methyl sites for hydroxylation is 2. The molecule has 0 fully saturated rings. The van der Waals surface area contributed by atoms with Crippen LogP contribution in [0.1, 0.15) is 27.3 Å². The summed E-state index contributed by atoms with van der Waals surface area (Å²) in [7, 11) is 0. The van der Waals surface area contributed by atoms with Gasteiger partial charge in [0.1, 0.15) is 4.88 Å². The first-order valence-corrected chi connectivity index (χ1v) is 7.84. The molecule has 5 heteroatoms. The van der Waals surface area contributed by atoms with Gasteiger partial charge in [0.05, 0.1) is 5.69 Å². The third kappa shape index (κ3) is 4.08. The minimum atomic E-state index is -0.883. The lowest BCUT2D eigenvalue weighted by Gasteiger charge is -1.99. The highest BCUT2D eigenvalue weighted by Crippen LogP contribution is 2.27. The largest absolute Gasteiger partial charge is 0.477 e. The van der Waals surface area contributed by atoms with E-state index in [4.69, 9.17) is 5.11 Å². The Morgan fingerprint density at radius 2 is 2.11 bits per heavy atom. The van der Waals surface area contributed by atoms with Crippen LogP contribution in [0.25, 0.3) is 0 Å². The second-order valence-corrected chi connectivity index (χ2v) is 6.48. The van der Waals surface area contributed by atoms with Crippen molar-refractivity contribution in [1.82, 2.24) is 4.98 Å². The van der Waals surface area contributed by atoms with E-state index in [1.807, 2.05) is 18.2 Å². The highest BCUT2D eigenvalue weighted by Gasteiger charge is 2.13. The van der Waals surface area contributed by atoms with E-state index >= 15 is 0 Å². The van der Waals surface area contributed by atoms with Gasteiger partial charge in [-0.25, -0.2) is 9.78 Å². The second-order valence-electron chi connectivity index (χ2n) is 4.14. The third-order valence-electron chi connectivity index (χ3n) is 2.65. The fourth-order valence-electron chi connectivity index (χ4n) is 1.71. The number of hydrogen-bond donors (Lipinski definition) is 1. The molecule has 0 unspecified atom stereocenters. The Morgan fingerprint density at radius 1 is 1.37 bits per heavy atom. The van der Waals surface area contributed by atoms with Crippen LogP contribution in [0.5, 0.6) is 0 Å². The van der Waals surface area contributed by atoms with Crippen molar-refractivity contribution in [2.45, 2.75) is 24.1 Å². The van der Waals surface area contributed by atoms with E-state index < -0.39 is 5.97 Å². The molecule has 2 rings (SSSR count). The average molecular weight is 293 g/mol. The Labute approximate surface area is 120 Å². The monoisotopic (exact) mass is 293 g/mol. The number of carboxylic acids is 1. The van der Waals surface area contributed by atoms with Crippen LogP contribution in [0.2, 0.25) is 0 Å². The highest BCUT2D eigenvalue weighted by molar-refractivity contribution is 8.01. The van der Waals surface area contributed by atoms with Crippen LogP contribution >= 0.6 is 23.1 Å². The maximum atomic E-state index is 10.9. The number of nitrogens with zero attached hydrogens (tertiary/aromatic N) is 1. The maximum absolute atomic E-state index is 10.9. The normalized spacial score (nSPS) is 10.6. The van der Waals surface area contributed by atoms with Crippen molar-refractivity contribution < 1.29 is 9.90 Å². The summed E-state index contributed by atoms with van der Waals surface area (Å²) in [5, 5.41) is 8.96. The van der Waals surface area contributed by atoms with E-state index in [-0.39, 0.29) is 0 Å². The zero-order valence-electron chi connectivity index (χ0n) is 10.6. The van der Waals surface area contributed by atoms with E-state index in [2.05, 4.69) is 17.1 Å². The maximum Gasteiger partial charge on any atom is 0.347 e. The summed E-state index contributed by atoms with van der Waals surface area (Å²) in [6, 6.07) is 10.4. The number of thioether (sulfide) groups is 1. The van der Waals surface area contributed by atoms with Crippen molar-refractivity contribution in [1.29, 1.82) is 0 Å². The van der Waals surface area contributed by atoms with E-state index in [9.17, 15) is 4.79 Å². The first kappa shape index (κ1) is 14.1. The fourth-order valence-corrected chi connectivity index (χ4v) is 3.75. The Kier molecular flexibility index (Phi) is 4.99. The molecule has 0 bridgehead atoms. The molecule has 0 saturated carbocycles. The number of hydrogen-bond acceptors (Lipinski definition) is 4. The molecule has 0 aliphatic heterocycles. The van der Waals surface area contributed by atoms with Gasteiger partial charge in [-0.1, -0.05) is 42.1 Å². The summed E-state index contributed by atoms with van der Waals surface area (Å²) in [6.07, 6.45) is 2.11. The Morgan fingerprint density at radius 3 is 2.74 bits per heavy atom. The molecule has 3 nitrogen and oxygen atoms in total. The molecule has 19 heavy (non-hydrogen) atoms. The second kappa shape index (κ2) is 6.73. The van der Waals surface area contributed by atoms with Gasteiger partial charge in [-0.05, 0) is 25.3 Å². The van der Waals surface area contributed by atoms with E-state index in [0.29, 0.717) is 10.6 Å². The van der Waals surface area contributed by atoms with Gasteiger partial charge in [-0.2, -0.15) is 0 Å². The van der Waals surface area contributed by atoms with Crippen molar-refractivity contribution in [3.63, 3.8) is 0 Å². The molecule has 0 radical (unpaired) electrons. The van der Waals surface area contributed by atoms with E-state index in [1.165, 1.54) is 16.9 Å². The lowest BCUT2D eigenvalue weighted by molar-refractivity contribution is 0.0701. The number of benzene rings is 1. The minimum absolute atomic E-state index is 0.352. The molecule has 0 aliphatic carbocycles. The molecule has 0 amide bonds. The van der Waals surface area contributed by atoms with Gasteiger partial charge in [0.2, 0.25) is 0 Å². The average Bonchev–Trinajstić information content (AvgIpc) is 2.77. The van der Waals surface area contributed by atoms with Crippen LogP contribution in [-0.2, 0) is 6.42 Å². The van der Waals surface area contributed by atoms with Crippen molar-refractivity contribution in [3.05, 3.63) is 46.5 Å². The van der Waals surface area contributed by atoms with Gasteiger partial charge in [-0.15, -0.1) is 11.3 Å². The first-order valence-electron chi connectivity index (χ1n) is 6.04. The number of carboxylic acid groups (broad SMARTS) is 1. The van der Waals surface area contributed by atoms with Gasteiger partial charge >= 0.3 is 5.97 Å². The summed E-state index contributed by atoms with van der Waals surface area (Å²) >= 11 is 2.90. The number of carbonyl (C=O) groups is 1. The summed E-state index contributed by atoms with van der Waals surface area (Å²) in [5.41, 5.74) is 1.95. The van der Waals surface area contributed by atoms with E-state index in [0.717, 1.165) is 22.9 Å². The van der Waals surface area contributed by atoms with Crippen molar-refractivity contribution in [2.75, 3.05) is 5.75 Å². The summed E-state index contributed by atoms with van der Waals surface area (Å²) in [4.78, 5) is 15.5. The predicted molar refractivity (Wildman–Crippen MR) is 79.3 cm³/mol. The molecule has 1 aromatic carbocycles. The van der Waals surface area contributed by atoms with Gasteiger partial charge in [0.25, 0.3) is 0 Å². The molecule has 1 N–H and O–H groups in total. The van der Waals surface area contributed by atoms with Crippen molar-refractivity contribution in [2.24, 2.45) is 0 Å². The molecule has 1 aromatic heterocycles. The smallest absolute Gasteiger partial charge is 0.347 e. The Bertz CT molecular complexity index is 552. The van der Waals surface area contributed by atoms with Crippen molar-refractivity contribution in [3.8, 4) is 0 Å². The zero-order chi connectivity index (χ0) is 13.7. The van der Waals surface area contributed by atoms with Crippen LogP contribution in [0, 0.1) is 6.92 Å². The standard InChI is InChI=1S/C14H15NO2S2/c1-10-12(13(16)17)19-14(15-10)18-9-5-8-11-6-3-2-4-7-11/h2-4,6-7H,5,8-9H2,1H3,(H,16,17). The molecule has 0 spiro atoms. The highest BCUT2D eigenvalue weighted by atomic mass is 32.2.